The van der Waals surface area contributed by atoms with Gasteiger partial charge in [0.1, 0.15) is 0 Å². The Balaban J connectivity index is 2.44. The predicted octanol–water partition coefficient (Wildman–Crippen LogP) is -0.462. The van der Waals surface area contributed by atoms with Crippen molar-refractivity contribution in [2.45, 2.75) is 0 Å². The maximum absolute atomic E-state index is 11.5. The zero-order chi connectivity index (χ0) is 12.8. The summed E-state index contributed by atoms with van der Waals surface area (Å²) in [5, 5.41) is 8.38. The van der Waals surface area contributed by atoms with Crippen LogP contribution < -0.4 is 0 Å². The van der Waals surface area contributed by atoms with Gasteiger partial charge in [-0.05, 0) is 0 Å². The molecule has 0 bridgehead atoms. The van der Waals surface area contributed by atoms with Crippen LogP contribution in [0.1, 0.15) is 0 Å². The molecule has 7 nitrogen and oxygen atoms in total. The molecular formula is C10H14N2O5. The number of carboxylic acids is 1. The summed E-state index contributed by atoms with van der Waals surface area (Å²) in [5.74, 6) is -1.52. The van der Waals surface area contributed by atoms with E-state index in [-0.39, 0.29) is 5.91 Å². The molecule has 0 aliphatic carbocycles. The highest BCUT2D eigenvalue weighted by Crippen LogP contribution is 2.04. The Morgan fingerprint density at radius 2 is 1.59 bits per heavy atom. The third-order valence-corrected chi connectivity index (χ3v) is 2.39. The van der Waals surface area contributed by atoms with Crippen molar-refractivity contribution in [3.63, 3.8) is 0 Å². The third kappa shape index (κ3) is 3.78. The lowest BCUT2D eigenvalue weighted by atomic mass is 10.3. The van der Waals surface area contributed by atoms with Crippen molar-refractivity contribution in [1.82, 2.24) is 9.80 Å². The zero-order valence-electron chi connectivity index (χ0n) is 9.46. The van der Waals surface area contributed by atoms with Crippen LogP contribution in [0.3, 0.4) is 0 Å². The van der Waals surface area contributed by atoms with Gasteiger partial charge in [0, 0.05) is 38.3 Å². The third-order valence-electron chi connectivity index (χ3n) is 2.39. The Morgan fingerprint density at radius 3 is 2.06 bits per heavy atom. The molecule has 17 heavy (non-hydrogen) atoms. The van der Waals surface area contributed by atoms with Gasteiger partial charge in [0.05, 0.1) is 7.11 Å². The van der Waals surface area contributed by atoms with Crippen LogP contribution in [0.15, 0.2) is 12.2 Å². The second-order valence-electron chi connectivity index (χ2n) is 3.45. The lowest BCUT2D eigenvalue weighted by molar-refractivity contribution is -0.132. The van der Waals surface area contributed by atoms with Crippen molar-refractivity contribution in [2.75, 3.05) is 33.3 Å². The second-order valence-corrected chi connectivity index (χ2v) is 3.45. The van der Waals surface area contributed by atoms with Gasteiger partial charge in [-0.25, -0.2) is 9.59 Å². The monoisotopic (exact) mass is 242 g/mol. The van der Waals surface area contributed by atoms with Gasteiger partial charge in [-0.15, -0.1) is 0 Å². The minimum absolute atomic E-state index is 0.364. The molecular weight excluding hydrogens is 228 g/mol. The number of carbonyl (C=O) groups is 3. The van der Waals surface area contributed by atoms with E-state index in [9.17, 15) is 14.4 Å². The van der Waals surface area contributed by atoms with Gasteiger partial charge >= 0.3 is 12.1 Å². The van der Waals surface area contributed by atoms with Crippen LogP contribution in [0.25, 0.3) is 0 Å². The molecule has 1 aliphatic rings. The van der Waals surface area contributed by atoms with Crippen molar-refractivity contribution in [1.29, 1.82) is 0 Å². The molecule has 1 saturated heterocycles. The van der Waals surface area contributed by atoms with Crippen LogP contribution in [-0.2, 0) is 14.3 Å². The standard InChI is InChI=1S/C10H14N2O5/c1-17-10(16)12-6-4-11(5-7-12)8(13)2-3-9(14)15/h2-3H,4-7H2,1H3,(H,14,15)/b3-2+. The van der Waals surface area contributed by atoms with Gasteiger partial charge in [-0.2, -0.15) is 0 Å². The predicted molar refractivity (Wildman–Crippen MR) is 57.3 cm³/mol. The van der Waals surface area contributed by atoms with Gasteiger partial charge in [0.25, 0.3) is 0 Å². The molecule has 1 fully saturated rings. The highest BCUT2D eigenvalue weighted by Gasteiger charge is 2.23. The van der Waals surface area contributed by atoms with Crippen LogP contribution in [-0.4, -0.2) is 66.2 Å². The lowest BCUT2D eigenvalue weighted by Gasteiger charge is -2.33. The number of piperazine rings is 1. The lowest BCUT2D eigenvalue weighted by Crippen LogP contribution is -2.50. The molecule has 0 atom stereocenters. The normalized spacial score (nSPS) is 16.1. The number of hydrogen-bond donors (Lipinski definition) is 1. The van der Waals surface area contributed by atoms with E-state index < -0.39 is 12.1 Å². The smallest absolute Gasteiger partial charge is 0.409 e. The summed E-state index contributed by atoms with van der Waals surface area (Å²) in [4.78, 5) is 35.9. The van der Waals surface area contributed by atoms with Crippen molar-refractivity contribution in [3.05, 3.63) is 12.2 Å². The van der Waals surface area contributed by atoms with E-state index in [4.69, 9.17) is 5.11 Å². The molecule has 2 amide bonds. The minimum atomic E-state index is -1.16. The van der Waals surface area contributed by atoms with Gasteiger partial charge in [0.15, 0.2) is 0 Å². The number of rotatable bonds is 2. The molecule has 0 spiro atoms. The van der Waals surface area contributed by atoms with Crippen molar-refractivity contribution < 1.29 is 24.2 Å². The fourth-order valence-electron chi connectivity index (χ4n) is 1.49. The van der Waals surface area contributed by atoms with Gasteiger partial charge in [-0.3, -0.25) is 4.79 Å². The van der Waals surface area contributed by atoms with Gasteiger partial charge in [-0.1, -0.05) is 0 Å². The molecule has 1 heterocycles. The maximum atomic E-state index is 11.5. The van der Waals surface area contributed by atoms with Crippen LogP contribution in [0, 0.1) is 0 Å². The summed E-state index contributed by atoms with van der Waals surface area (Å²) in [6.07, 6.45) is 1.39. The molecule has 94 valence electrons. The first kappa shape index (κ1) is 13.0. The average molecular weight is 242 g/mol. The van der Waals surface area contributed by atoms with Crippen molar-refractivity contribution >= 4 is 18.0 Å². The number of aliphatic carboxylic acids is 1. The fourth-order valence-corrected chi connectivity index (χ4v) is 1.49. The van der Waals surface area contributed by atoms with Crippen molar-refractivity contribution in [3.8, 4) is 0 Å². The first-order valence-electron chi connectivity index (χ1n) is 5.07. The number of methoxy groups -OCH3 is 1. The molecule has 1 N–H and O–H groups in total. The molecule has 0 radical (unpaired) electrons. The van der Waals surface area contributed by atoms with Crippen LogP contribution in [0.5, 0.6) is 0 Å². The van der Waals surface area contributed by atoms with Crippen molar-refractivity contribution in [2.24, 2.45) is 0 Å². The number of carboxylic acid groups (broad SMARTS) is 1. The first-order valence-corrected chi connectivity index (χ1v) is 5.07. The minimum Gasteiger partial charge on any atom is -0.478 e. The fraction of sp³-hybridized carbons (Fsp3) is 0.500. The topological polar surface area (TPSA) is 87.2 Å². The zero-order valence-corrected chi connectivity index (χ0v) is 9.46. The summed E-state index contributed by atoms with van der Waals surface area (Å²) < 4.78 is 4.56. The Bertz CT molecular complexity index is 345. The van der Waals surface area contributed by atoms with Gasteiger partial charge < -0.3 is 19.6 Å². The highest BCUT2D eigenvalue weighted by molar-refractivity contribution is 5.94. The molecule has 7 heteroatoms. The SMILES string of the molecule is COC(=O)N1CCN(C(=O)/C=C/C(=O)O)CC1. The molecule has 0 saturated carbocycles. The van der Waals surface area contributed by atoms with E-state index in [0.29, 0.717) is 26.2 Å². The second kappa shape index (κ2) is 5.88. The summed E-state index contributed by atoms with van der Waals surface area (Å²) in [6, 6.07) is 0. The molecule has 1 aliphatic heterocycles. The van der Waals surface area contributed by atoms with E-state index >= 15 is 0 Å². The number of ether oxygens (including phenoxy) is 1. The Morgan fingerprint density at radius 1 is 1.06 bits per heavy atom. The van der Waals surface area contributed by atoms with E-state index in [2.05, 4.69) is 4.74 Å². The molecule has 0 aromatic carbocycles. The Kier molecular flexibility index (Phi) is 4.50. The number of carbonyl (C=O) groups excluding carboxylic acids is 2. The first-order chi connectivity index (χ1) is 8.04. The molecule has 0 aromatic heterocycles. The molecule has 0 unspecified atom stereocenters. The molecule has 1 rings (SSSR count). The Labute approximate surface area is 98.2 Å². The maximum Gasteiger partial charge on any atom is 0.409 e. The quantitative estimate of drug-likeness (QED) is 0.662. The highest BCUT2D eigenvalue weighted by atomic mass is 16.5. The Hall–Kier alpha value is -2.05. The summed E-state index contributed by atoms with van der Waals surface area (Å²) >= 11 is 0. The van der Waals surface area contributed by atoms with E-state index in [1.807, 2.05) is 0 Å². The molecule has 0 aromatic rings. The summed E-state index contributed by atoms with van der Waals surface area (Å²) in [6.45, 7) is 1.52. The average Bonchev–Trinajstić information content (AvgIpc) is 2.35. The number of nitrogens with zero attached hydrogens (tertiary/aromatic N) is 2. The number of hydrogen-bond acceptors (Lipinski definition) is 4. The summed E-state index contributed by atoms with van der Waals surface area (Å²) in [7, 11) is 1.30. The van der Waals surface area contributed by atoms with E-state index in [1.54, 1.807) is 0 Å². The van der Waals surface area contributed by atoms with E-state index in [0.717, 1.165) is 12.2 Å². The largest absolute Gasteiger partial charge is 0.478 e. The van der Waals surface area contributed by atoms with Gasteiger partial charge in [0.2, 0.25) is 5.91 Å². The van der Waals surface area contributed by atoms with E-state index in [1.165, 1.54) is 16.9 Å². The number of amides is 2. The van der Waals surface area contributed by atoms with Crippen LogP contribution in [0.2, 0.25) is 0 Å². The van der Waals surface area contributed by atoms with Crippen LogP contribution >= 0.6 is 0 Å². The summed E-state index contributed by atoms with van der Waals surface area (Å²) in [5.41, 5.74) is 0. The van der Waals surface area contributed by atoms with Crippen LogP contribution in [0.4, 0.5) is 4.79 Å².